The number of halogens is 2. The normalized spacial score (nSPS) is 21.2. The van der Waals surface area contributed by atoms with Crippen molar-refractivity contribution in [3.05, 3.63) is 70.2 Å². The minimum absolute atomic E-state index is 0.0329. The van der Waals surface area contributed by atoms with Gasteiger partial charge >= 0.3 is 0 Å². The Labute approximate surface area is 232 Å². The fraction of sp³-hybridized carbons (Fsp3) is 0.481. The molecule has 2 fully saturated rings. The summed E-state index contributed by atoms with van der Waals surface area (Å²) in [6, 6.07) is 17.1. The Morgan fingerprint density at radius 1 is 1.14 bits per heavy atom. The molecule has 10 heteroatoms. The van der Waals surface area contributed by atoms with Gasteiger partial charge in [-0.25, -0.2) is 8.51 Å². The number of hydrogen-bond donors (Lipinski definition) is 1. The zero-order valence-corrected chi connectivity index (χ0v) is 23.8. The molecule has 0 bridgehead atoms. The zero-order valence-electron chi connectivity index (χ0n) is 21.5. The molecule has 2 aromatic carbocycles. The molecular weight excluding hydrogens is 535 g/mol. The van der Waals surface area contributed by atoms with E-state index in [2.05, 4.69) is 18.2 Å². The average Bonchev–Trinajstić information content (AvgIpc) is 3.29. The van der Waals surface area contributed by atoms with E-state index in [4.69, 9.17) is 37.8 Å². The van der Waals surface area contributed by atoms with E-state index in [0.29, 0.717) is 23.4 Å². The molecule has 7 nitrogen and oxygen atoms in total. The first-order chi connectivity index (χ1) is 17.6. The van der Waals surface area contributed by atoms with Gasteiger partial charge in [0.25, 0.3) is 5.97 Å². The lowest BCUT2D eigenvalue weighted by Crippen LogP contribution is -2.52. The van der Waals surface area contributed by atoms with Gasteiger partial charge in [0, 0.05) is 35.6 Å². The molecule has 4 rings (SSSR count). The lowest BCUT2D eigenvalue weighted by Gasteiger charge is -2.41. The van der Waals surface area contributed by atoms with E-state index in [1.54, 1.807) is 0 Å². The van der Waals surface area contributed by atoms with Crippen LogP contribution >= 0.6 is 23.2 Å². The number of benzene rings is 2. The molecule has 204 valence electrons. The fourth-order valence-electron chi connectivity index (χ4n) is 4.27. The van der Waals surface area contributed by atoms with E-state index in [9.17, 15) is 9.00 Å². The second kappa shape index (κ2) is 16.1. The number of hydrogen-bond acceptors (Lipinski definition) is 4. The summed E-state index contributed by atoms with van der Waals surface area (Å²) in [7, 11) is -1.07. The number of carbonyl (C=O) groups excluding carboxylic acids is 1. The molecule has 0 spiro atoms. The highest BCUT2D eigenvalue weighted by molar-refractivity contribution is 7.82. The maximum atomic E-state index is 12.9. The van der Waals surface area contributed by atoms with Crippen LogP contribution in [0.4, 0.5) is 0 Å². The van der Waals surface area contributed by atoms with E-state index >= 15 is 0 Å². The number of rotatable bonds is 6. The predicted molar refractivity (Wildman–Crippen MR) is 149 cm³/mol. The van der Waals surface area contributed by atoms with Crippen LogP contribution in [0.3, 0.4) is 0 Å². The van der Waals surface area contributed by atoms with Crippen LogP contribution in [0.15, 0.2) is 54.6 Å². The van der Waals surface area contributed by atoms with Crippen molar-refractivity contribution in [3.63, 3.8) is 0 Å². The minimum atomic E-state index is -1.07. The number of morpholine rings is 1. The Hall–Kier alpha value is -1.97. The number of carboxylic acid groups (broad SMARTS) is 1. The first-order valence-electron chi connectivity index (χ1n) is 12.3. The van der Waals surface area contributed by atoms with E-state index < -0.39 is 17.0 Å². The number of ether oxygens (including phenoxy) is 1. The summed E-state index contributed by atoms with van der Waals surface area (Å²) in [6.07, 6.45) is 2.95. The molecule has 1 N–H and O–H groups in total. The molecule has 0 saturated carbocycles. The third kappa shape index (κ3) is 10.4. The Morgan fingerprint density at radius 3 is 2.22 bits per heavy atom. The Balaban J connectivity index is 0.000000363. The predicted octanol–water partition coefficient (Wildman–Crippen LogP) is 5.60. The number of nitrogens with zero attached hydrogens (tertiary/aromatic N) is 2. The molecule has 0 aromatic heterocycles. The Bertz CT molecular complexity index is 1010. The molecule has 0 aliphatic carbocycles. The van der Waals surface area contributed by atoms with Gasteiger partial charge in [0.2, 0.25) is 5.91 Å². The highest BCUT2D eigenvalue weighted by Crippen LogP contribution is 2.30. The van der Waals surface area contributed by atoms with Gasteiger partial charge in [0.15, 0.2) is 0 Å². The van der Waals surface area contributed by atoms with Crippen molar-refractivity contribution in [2.75, 3.05) is 25.5 Å². The molecule has 2 unspecified atom stereocenters. The molecule has 2 aliphatic rings. The monoisotopic (exact) mass is 570 g/mol. The maximum absolute atomic E-state index is 12.9. The summed E-state index contributed by atoms with van der Waals surface area (Å²) >= 11 is 11.5. The van der Waals surface area contributed by atoms with Crippen molar-refractivity contribution >= 4 is 46.1 Å². The standard InChI is InChI=1S/C19H27ClN2O3S.C6H5Cl.C2H4O2/c1-3-17(13-26(24)21-10-4-5-14(21)2)22-18(11-25-12-19(22)23)15-6-8-16(20)9-7-15;7-6-4-2-1-3-5-6;1-2(3)4/h6-9,14,17-18H,3-5,10-13H2,1-2H3;1-5H;1H3,(H,3,4)/t14?,17-,18-,26?;;/m0../s1. The minimum Gasteiger partial charge on any atom is -0.481 e. The van der Waals surface area contributed by atoms with Gasteiger partial charge in [0.05, 0.1) is 29.4 Å². The van der Waals surface area contributed by atoms with Gasteiger partial charge in [-0.3, -0.25) is 9.59 Å². The van der Waals surface area contributed by atoms with Gasteiger partial charge in [0.1, 0.15) is 6.61 Å². The van der Waals surface area contributed by atoms with Crippen LogP contribution in [0, 0.1) is 0 Å². The van der Waals surface area contributed by atoms with Crippen molar-refractivity contribution in [3.8, 4) is 0 Å². The van der Waals surface area contributed by atoms with E-state index in [-0.39, 0.29) is 24.6 Å². The lowest BCUT2D eigenvalue weighted by atomic mass is 10.0. The Kier molecular flexibility index (Phi) is 13.6. The topological polar surface area (TPSA) is 87.2 Å². The highest BCUT2D eigenvalue weighted by Gasteiger charge is 2.37. The lowest BCUT2D eigenvalue weighted by molar-refractivity contribution is -0.151. The van der Waals surface area contributed by atoms with Crippen LogP contribution in [0.25, 0.3) is 0 Å². The molecule has 2 heterocycles. The van der Waals surface area contributed by atoms with Crippen LogP contribution in [-0.2, 0) is 25.3 Å². The van der Waals surface area contributed by atoms with Gasteiger partial charge in [-0.2, -0.15) is 0 Å². The van der Waals surface area contributed by atoms with Crippen molar-refractivity contribution in [2.45, 2.75) is 58.2 Å². The molecule has 0 radical (unpaired) electrons. The smallest absolute Gasteiger partial charge is 0.300 e. The van der Waals surface area contributed by atoms with Crippen LogP contribution in [-0.4, -0.2) is 68.0 Å². The molecule has 1 amide bonds. The van der Waals surface area contributed by atoms with E-state index in [0.717, 1.165) is 43.3 Å². The number of carbonyl (C=O) groups is 2. The summed E-state index contributed by atoms with van der Waals surface area (Å²) in [5.74, 6) is -0.383. The van der Waals surface area contributed by atoms with Gasteiger partial charge < -0.3 is 14.7 Å². The van der Waals surface area contributed by atoms with Crippen LogP contribution in [0.1, 0.15) is 51.6 Å². The second-order valence-electron chi connectivity index (χ2n) is 8.88. The summed E-state index contributed by atoms with van der Waals surface area (Å²) in [6.45, 7) is 6.69. The fourth-order valence-corrected chi connectivity index (χ4v) is 6.29. The van der Waals surface area contributed by atoms with Crippen molar-refractivity contribution < 1.29 is 23.6 Å². The summed E-state index contributed by atoms with van der Waals surface area (Å²) in [5, 5.41) is 8.88. The summed E-state index contributed by atoms with van der Waals surface area (Å²) in [4.78, 5) is 23.6. The summed E-state index contributed by atoms with van der Waals surface area (Å²) in [5.41, 5.74) is 1.00. The van der Waals surface area contributed by atoms with Gasteiger partial charge in [-0.05, 0) is 56.0 Å². The van der Waals surface area contributed by atoms with Crippen LogP contribution in [0.2, 0.25) is 10.0 Å². The molecule has 2 aliphatic heterocycles. The molecule has 4 atom stereocenters. The SMILES string of the molecule is CC(=O)O.CC[C@@H](CS(=O)N1CCCC1C)N1C(=O)COC[C@H]1c1ccc(Cl)cc1.Clc1ccccc1. The van der Waals surface area contributed by atoms with E-state index in [1.807, 2.05) is 59.5 Å². The molecular formula is C27H36Cl2N2O5S. The molecule has 2 saturated heterocycles. The van der Waals surface area contributed by atoms with Gasteiger partial charge in [-0.15, -0.1) is 0 Å². The van der Waals surface area contributed by atoms with E-state index in [1.165, 1.54) is 0 Å². The van der Waals surface area contributed by atoms with Crippen molar-refractivity contribution in [1.29, 1.82) is 0 Å². The third-order valence-electron chi connectivity index (χ3n) is 6.07. The van der Waals surface area contributed by atoms with Gasteiger partial charge in [-0.1, -0.05) is 60.5 Å². The Morgan fingerprint density at radius 2 is 1.73 bits per heavy atom. The second-order valence-corrected chi connectivity index (χ2v) is 11.2. The maximum Gasteiger partial charge on any atom is 0.300 e. The average molecular weight is 572 g/mol. The summed E-state index contributed by atoms with van der Waals surface area (Å²) < 4.78 is 20.5. The zero-order chi connectivity index (χ0) is 27.4. The van der Waals surface area contributed by atoms with Crippen LogP contribution in [0.5, 0.6) is 0 Å². The third-order valence-corrected chi connectivity index (χ3v) is 8.31. The first kappa shape index (κ1) is 31.2. The van der Waals surface area contributed by atoms with Crippen LogP contribution < -0.4 is 0 Å². The number of aliphatic carboxylic acids is 1. The number of carboxylic acids is 1. The number of amides is 1. The van der Waals surface area contributed by atoms with Crippen molar-refractivity contribution in [1.82, 2.24) is 9.21 Å². The molecule has 37 heavy (non-hydrogen) atoms. The van der Waals surface area contributed by atoms with Crippen molar-refractivity contribution in [2.24, 2.45) is 0 Å². The molecule has 2 aromatic rings. The quantitative estimate of drug-likeness (QED) is 0.488. The highest BCUT2D eigenvalue weighted by atomic mass is 35.5. The largest absolute Gasteiger partial charge is 0.481 e. The first-order valence-corrected chi connectivity index (χ1v) is 14.4.